The second kappa shape index (κ2) is 8.17. The van der Waals surface area contributed by atoms with Crippen molar-refractivity contribution in [2.45, 2.75) is 19.6 Å². The molecular formula is C26H25NO2Si. The lowest BCUT2D eigenvalue weighted by Gasteiger charge is -2.19. The van der Waals surface area contributed by atoms with Crippen LogP contribution >= 0.6 is 0 Å². The Morgan fingerprint density at radius 3 is 1.87 bits per heavy atom. The number of nitrogens with zero attached hydrogens (tertiary/aromatic N) is 1. The molecule has 1 heterocycles. The molecule has 0 saturated carbocycles. The molecule has 150 valence electrons. The van der Waals surface area contributed by atoms with E-state index in [1.54, 1.807) is 0 Å². The fourth-order valence-electron chi connectivity index (χ4n) is 3.65. The van der Waals surface area contributed by atoms with Crippen LogP contribution in [0.5, 0.6) is 5.95 Å². The van der Waals surface area contributed by atoms with Gasteiger partial charge in [0, 0.05) is 17.7 Å². The molecule has 0 amide bonds. The minimum Gasteiger partial charge on any atom is -0.546 e. The Morgan fingerprint density at radius 1 is 0.767 bits per heavy atom. The van der Waals surface area contributed by atoms with Crippen molar-refractivity contribution in [3.05, 3.63) is 96.6 Å². The Morgan fingerprint density at radius 2 is 1.30 bits per heavy atom. The van der Waals surface area contributed by atoms with Gasteiger partial charge in [0.15, 0.2) is 6.21 Å². The van der Waals surface area contributed by atoms with Gasteiger partial charge in [-0.2, -0.15) is 4.58 Å². The maximum Gasteiger partial charge on any atom is 0.275 e. The monoisotopic (exact) mass is 411 g/mol. The van der Waals surface area contributed by atoms with Crippen molar-refractivity contribution in [3.63, 3.8) is 0 Å². The van der Waals surface area contributed by atoms with Gasteiger partial charge in [-0.1, -0.05) is 86.4 Å². The third-order valence-electron chi connectivity index (χ3n) is 5.00. The first kappa shape index (κ1) is 19.9. The van der Waals surface area contributed by atoms with E-state index in [9.17, 15) is 5.11 Å². The van der Waals surface area contributed by atoms with Gasteiger partial charge in [-0.3, -0.25) is 0 Å². The smallest absolute Gasteiger partial charge is 0.275 e. The molecule has 0 atom stereocenters. The largest absolute Gasteiger partial charge is 0.546 e. The summed E-state index contributed by atoms with van der Waals surface area (Å²) in [6.45, 7) is 6.55. The maximum atomic E-state index is 13.1. The van der Waals surface area contributed by atoms with Crippen molar-refractivity contribution in [2.24, 2.45) is 0 Å². The molecule has 0 spiro atoms. The number of para-hydroxylation sites is 1. The molecule has 1 aromatic heterocycles. The standard InChI is InChI=1S/C26H25NO2Si/c1-30(2,3)24-23(21-15-9-5-10-16-21)25(29-26(24)28)27(22-17-11-6-12-18-22)19-20-13-7-4-8-14-20/h4-19H,1-3H3/b27-19+. The zero-order valence-corrected chi connectivity index (χ0v) is 18.5. The molecule has 4 aromatic rings. The summed E-state index contributed by atoms with van der Waals surface area (Å²) in [5.74, 6) is 0.337. The van der Waals surface area contributed by atoms with Crippen LogP contribution < -0.4 is 14.9 Å². The molecule has 0 bridgehead atoms. The van der Waals surface area contributed by atoms with E-state index in [1.165, 1.54) is 0 Å². The number of benzene rings is 3. The van der Waals surface area contributed by atoms with Gasteiger partial charge in [0.25, 0.3) is 5.88 Å². The molecule has 0 radical (unpaired) electrons. The molecule has 0 aliphatic rings. The summed E-state index contributed by atoms with van der Waals surface area (Å²) in [6, 6.07) is 30.2. The van der Waals surface area contributed by atoms with Crippen LogP contribution in [0, 0.1) is 0 Å². The fraction of sp³-hybridized carbons (Fsp3) is 0.115. The van der Waals surface area contributed by atoms with Crippen molar-refractivity contribution in [1.82, 2.24) is 4.58 Å². The van der Waals surface area contributed by atoms with Crippen LogP contribution in [0.1, 0.15) is 5.56 Å². The first-order valence-electron chi connectivity index (χ1n) is 10.1. The predicted octanol–water partition coefficient (Wildman–Crippen LogP) is 5.52. The zero-order chi connectivity index (χ0) is 21.1. The summed E-state index contributed by atoms with van der Waals surface area (Å²) in [4.78, 5) is 0. The molecule has 3 aromatic carbocycles. The van der Waals surface area contributed by atoms with Gasteiger partial charge >= 0.3 is 0 Å². The minimum atomic E-state index is -1.97. The molecule has 0 saturated heterocycles. The highest BCUT2D eigenvalue weighted by Crippen LogP contribution is 2.37. The van der Waals surface area contributed by atoms with Gasteiger partial charge in [-0.05, 0) is 22.9 Å². The number of hydrogen-bond acceptors (Lipinski definition) is 2. The van der Waals surface area contributed by atoms with Crippen LogP contribution in [-0.4, -0.2) is 14.3 Å². The first-order valence-corrected chi connectivity index (χ1v) is 13.6. The van der Waals surface area contributed by atoms with E-state index in [0.717, 1.165) is 27.6 Å². The summed E-state index contributed by atoms with van der Waals surface area (Å²) in [5.41, 5.74) is 3.86. The average molecular weight is 412 g/mol. The minimum absolute atomic E-state index is 0.231. The van der Waals surface area contributed by atoms with Crippen LogP contribution in [0.25, 0.3) is 11.1 Å². The Kier molecular flexibility index (Phi) is 5.42. The van der Waals surface area contributed by atoms with Crippen molar-refractivity contribution < 1.29 is 9.52 Å². The van der Waals surface area contributed by atoms with E-state index in [1.807, 2.05) is 102 Å². The zero-order valence-electron chi connectivity index (χ0n) is 17.5. The molecule has 4 rings (SSSR count). The van der Waals surface area contributed by atoms with Crippen LogP contribution in [0.4, 0.5) is 11.6 Å². The number of furan rings is 1. The average Bonchev–Trinajstić information content (AvgIpc) is 3.11. The lowest BCUT2D eigenvalue weighted by atomic mass is 10.1. The van der Waals surface area contributed by atoms with Gasteiger partial charge < -0.3 is 9.52 Å². The summed E-state index contributed by atoms with van der Waals surface area (Å²) < 4.78 is 7.98. The van der Waals surface area contributed by atoms with E-state index in [4.69, 9.17) is 4.42 Å². The molecule has 4 heteroatoms. The van der Waals surface area contributed by atoms with Gasteiger partial charge in [-0.15, -0.1) is 0 Å². The van der Waals surface area contributed by atoms with E-state index in [-0.39, 0.29) is 5.95 Å². The van der Waals surface area contributed by atoms with Crippen LogP contribution in [0.15, 0.2) is 95.4 Å². The third-order valence-corrected chi connectivity index (χ3v) is 6.95. The predicted molar refractivity (Wildman–Crippen MR) is 126 cm³/mol. The summed E-state index contributed by atoms with van der Waals surface area (Å²) in [5, 5.41) is 13.9. The van der Waals surface area contributed by atoms with Crippen molar-refractivity contribution >= 4 is 31.0 Å². The van der Waals surface area contributed by atoms with Gasteiger partial charge in [0.1, 0.15) is 0 Å². The Hall–Kier alpha value is -3.37. The molecule has 0 unspecified atom stereocenters. The quantitative estimate of drug-likeness (QED) is 0.246. The van der Waals surface area contributed by atoms with E-state index in [2.05, 4.69) is 19.6 Å². The number of rotatable bonds is 5. The SMILES string of the molecule is C[Si](C)(C)c1c([O-])oc(/[N+](=C/c2ccccc2)c2ccccc2)c1-c1ccccc1. The van der Waals surface area contributed by atoms with Crippen LogP contribution in [-0.2, 0) is 0 Å². The molecule has 0 fully saturated rings. The van der Waals surface area contributed by atoms with E-state index >= 15 is 0 Å². The second-order valence-corrected chi connectivity index (χ2v) is 13.3. The van der Waals surface area contributed by atoms with E-state index < -0.39 is 8.07 Å². The fourth-order valence-corrected chi connectivity index (χ4v) is 5.31. The first-order chi connectivity index (χ1) is 14.4. The lowest BCUT2D eigenvalue weighted by molar-refractivity contribution is -0.291. The molecular weight excluding hydrogens is 386 g/mol. The topological polar surface area (TPSA) is 39.2 Å². The van der Waals surface area contributed by atoms with Crippen LogP contribution in [0.2, 0.25) is 19.6 Å². The second-order valence-electron chi connectivity index (χ2n) is 8.31. The van der Waals surface area contributed by atoms with E-state index in [0.29, 0.717) is 5.88 Å². The molecule has 0 aliphatic carbocycles. The Bertz CT molecular complexity index is 1160. The number of hydrogen-bond donors (Lipinski definition) is 0. The highest BCUT2D eigenvalue weighted by molar-refractivity contribution is 6.90. The van der Waals surface area contributed by atoms with Crippen molar-refractivity contribution in [1.29, 1.82) is 0 Å². The molecule has 0 N–H and O–H groups in total. The highest BCUT2D eigenvalue weighted by atomic mass is 28.3. The highest BCUT2D eigenvalue weighted by Gasteiger charge is 2.31. The Balaban J connectivity index is 2.04. The van der Waals surface area contributed by atoms with Crippen molar-refractivity contribution in [3.8, 4) is 17.1 Å². The van der Waals surface area contributed by atoms with Gasteiger partial charge in [-0.25, -0.2) is 0 Å². The third kappa shape index (κ3) is 4.00. The van der Waals surface area contributed by atoms with Gasteiger partial charge in [0.05, 0.1) is 19.6 Å². The van der Waals surface area contributed by atoms with Gasteiger partial charge in [0.2, 0.25) is 5.69 Å². The summed E-state index contributed by atoms with van der Waals surface area (Å²) >= 11 is 0. The molecule has 30 heavy (non-hydrogen) atoms. The Labute approximate surface area is 178 Å². The molecule has 0 aliphatic heterocycles. The lowest BCUT2D eigenvalue weighted by Crippen LogP contribution is -2.39. The summed E-state index contributed by atoms with van der Waals surface area (Å²) in [7, 11) is -1.97. The van der Waals surface area contributed by atoms with Crippen LogP contribution in [0.3, 0.4) is 0 Å². The maximum absolute atomic E-state index is 13.1. The normalized spacial score (nSPS) is 12.2. The van der Waals surface area contributed by atoms with Crippen molar-refractivity contribution in [2.75, 3.05) is 0 Å². The molecule has 3 nitrogen and oxygen atoms in total. The summed E-state index contributed by atoms with van der Waals surface area (Å²) in [6.07, 6.45) is 2.02.